The predicted molar refractivity (Wildman–Crippen MR) is 171 cm³/mol. The molecule has 1 aromatic carbocycles. The molecule has 3 aliphatic rings. The van der Waals surface area contributed by atoms with Gasteiger partial charge in [0.25, 0.3) is 0 Å². The first kappa shape index (κ1) is 31.1. The average molecular weight is 667 g/mol. The van der Waals surface area contributed by atoms with Crippen LogP contribution in [0.5, 0.6) is 6.01 Å². The maximum absolute atomic E-state index is 16.7. The Morgan fingerprint density at radius 2 is 2.11 bits per heavy atom. The van der Waals surface area contributed by atoms with E-state index in [0.29, 0.717) is 13.0 Å². The van der Waals surface area contributed by atoms with E-state index in [0.717, 1.165) is 42.9 Å². The van der Waals surface area contributed by atoms with Crippen LogP contribution in [0, 0.1) is 18.2 Å². The van der Waals surface area contributed by atoms with Gasteiger partial charge in [-0.3, -0.25) is 14.7 Å². The van der Waals surface area contributed by atoms with Crippen molar-refractivity contribution in [2.24, 2.45) is 0 Å². The first-order valence-electron chi connectivity index (χ1n) is 15.1. The van der Waals surface area contributed by atoms with E-state index in [4.69, 9.17) is 17.0 Å². The number of benzene rings is 1. The molecule has 0 saturated carbocycles. The van der Waals surface area contributed by atoms with Crippen LogP contribution >= 0.6 is 11.3 Å². The van der Waals surface area contributed by atoms with Gasteiger partial charge in [-0.1, -0.05) is 12.6 Å². The Morgan fingerprint density at radius 1 is 1.30 bits per heavy atom. The number of carbonyl (C=O) groups is 1. The van der Waals surface area contributed by atoms with E-state index in [-0.39, 0.29) is 74.5 Å². The molecule has 244 valence electrons. The molecule has 1 amide bonds. The molecule has 0 spiro atoms. The fourth-order valence-corrected chi connectivity index (χ4v) is 8.19. The van der Waals surface area contributed by atoms with Gasteiger partial charge in [0.1, 0.15) is 41.8 Å². The molecule has 4 aromatic rings. The summed E-state index contributed by atoms with van der Waals surface area (Å²) in [5.41, 5.74) is 5.21. The number of thiophene rings is 1. The maximum atomic E-state index is 16.7. The van der Waals surface area contributed by atoms with E-state index in [9.17, 15) is 13.6 Å². The number of rotatable bonds is 7. The molecular formula is C32H30F4N8O2S. The first-order valence-corrected chi connectivity index (χ1v) is 15.9. The van der Waals surface area contributed by atoms with Crippen molar-refractivity contribution in [3.05, 3.63) is 54.0 Å². The van der Waals surface area contributed by atoms with Gasteiger partial charge in [-0.15, -0.1) is 11.3 Å². The van der Waals surface area contributed by atoms with Crippen molar-refractivity contribution in [2.45, 2.75) is 43.2 Å². The van der Waals surface area contributed by atoms with Crippen LogP contribution in [0.25, 0.3) is 37.1 Å². The number of amides is 1. The van der Waals surface area contributed by atoms with Crippen LogP contribution in [0.4, 0.5) is 34.1 Å². The Kier molecular flexibility index (Phi) is 7.67. The molecule has 6 heterocycles. The largest absolute Gasteiger partial charge is 0.461 e. The lowest BCUT2D eigenvalue weighted by Gasteiger charge is -2.31. The summed E-state index contributed by atoms with van der Waals surface area (Å²) < 4.78 is 67.5. The summed E-state index contributed by atoms with van der Waals surface area (Å²) in [7, 11) is 1.58. The molecule has 4 unspecified atom stereocenters. The Bertz CT molecular complexity index is 1980. The van der Waals surface area contributed by atoms with Crippen LogP contribution in [0.2, 0.25) is 0 Å². The number of pyridine rings is 1. The highest BCUT2D eigenvalue weighted by molar-refractivity contribution is 7.23. The maximum Gasteiger partial charge on any atom is 0.319 e. The molecule has 47 heavy (non-hydrogen) atoms. The van der Waals surface area contributed by atoms with E-state index in [1.807, 2.05) is 0 Å². The smallest absolute Gasteiger partial charge is 0.319 e. The molecule has 4 atom stereocenters. The monoisotopic (exact) mass is 666 g/mol. The van der Waals surface area contributed by atoms with Crippen molar-refractivity contribution in [1.82, 2.24) is 24.8 Å². The van der Waals surface area contributed by atoms with Crippen LogP contribution < -0.4 is 15.4 Å². The van der Waals surface area contributed by atoms with Gasteiger partial charge in [-0.25, -0.2) is 22.4 Å². The minimum absolute atomic E-state index is 0.00937. The number of aromatic nitrogens is 3. The van der Waals surface area contributed by atoms with Crippen LogP contribution in [-0.2, 0) is 4.79 Å². The zero-order chi connectivity index (χ0) is 33.2. The number of likely N-dealkylation sites (tertiary alicyclic amines) is 1. The highest BCUT2D eigenvalue weighted by Gasteiger charge is 2.49. The van der Waals surface area contributed by atoms with Crippen molar-refractivity contribution >= 4 is 54.7 Å². The van der Waals surface area contributed by atoms with Gasteiger partial charge < -0.3 is 20.3 Å². The van der Waals surface area contributed by atoms with E-state index >= 15 is 8.78 Å². The Labute approximate surface area is 271 Å². The second-order valence-electron chi connectivity index (χ2n) is 12.2. The van der Waals surface area contributed by atoms with Crippen LogP contribution in [-0.4, -0.2) is 94.4 Å². The zero-order valence-electron chi connectivity index (χ0n) is 25.3. The van der Waals surface area contributed by atoms with Gasteiger partial charge in [-0.2, -0.15) is 9.97 Å². The molecule has 0 radical (unpaired) electrons. The summed E-state index contributed by atoms with van der Waals surface area (Å²) in [5, 5.41) is 0.367. The molecule has 3 fully saturated rings. The van der Waals surface area contributed by atoms with Gasteiger partial charge in [0.05, 0.1) is 39.8 Å². The topological polar surface area (TPSA) is 105 Å². The lowest BCUT2D eigenvalue weighted by molar-refractivity contribution is -0.125. The quantitative estimate of drug-likeness (QED) is 0.158. The SMILES string of the molecule is [C-]#[N+]c1c(N)sc2c(F)ccc(-c3ncc4c(N(C)C5CN(C(=O)C=C)CC5F)nc(OCC56CCCN5CC(F)C6)nc4c3F)c12. The van der Waals surface area contributed by atoms with Crippen molar-refractivity contribution in [2.75, 3.05) is 50.5 Å². The number of nitrogen functional groups attached to an aromatic ring is 1. The summed E-state index contributed by atoms with van der Waals surface area (Å²) in [5.74, 6) is -1.80. The molecule has 2 N–H and O–H groups in total. The summed E-state index contributed by atoms with van der Waals surface area (Å²) in [4.78, 5) is 34.0. The number of fused-ring (bicyclic) bond motifs is 3. The number of alkyl halides is 2. The van der Waals surface area contributed by atoms with E-state index in [1.165, 1.54) is 22.1 Å². The fraction of sp³-hybridized carbons (Fsp3) is 0.406. The van der Waals surface area contributed by atoms with Crippen molar-refractivity contribution in [3.63, 3.8) is 0 Å². The van der Waals surface area contributed by atoms with E-state index in [1.54, 1.807) is 7.05 Å². The summed E-state index contributed by atoms with van der Waals surface area (Å²) >= 11 is 0.887. The van der Waals surface area contributed by atoms with E-state index < -0.39 is 41.5 Å². The molecule has 0 aliphatic carbocycles. The third-order valence-electron chi connectivity index (χ3n) is 9.57. The normalized spacial score (nSPS) is 24.2. The number of hydrogen-bond donors (Lipinski definition) is 1. The van der Waals surface area contributed by atoms with Crippen LogP contribution in [0.1, 0.15) is 19.3 Å². The predicted octanol–water partition coefficient (Wildman–Crippen LogP) is 5.44. The number of halogens is 4. The number of likely N-dealkylation sites (N-methyl/N-ethyl adjacent to an activating group) is 1. The number of hydrogen-bond acceptors (Lipinski definition) is 9. The second kappa shape index (κ2) is 11.6. The van der Waals surface area contributed by atoms with Crippen molar-refractivity contribution in [3.8, 4) is 17.3 Å². The molecular weight excluding hydrogens is 636 g/mol. The molecule has 3 aliphatic heterocycles. The lowest BCUT2D eigenvalue weighted by Crippen LogP contribution is -2.43. The third kappa shape index (κ3) is 5.01. The highest BCUT2D eigenvalue weighted by atomic mass is 32.1. The third-order valence-corrected chi connectivity index (χ3v) is 10.6. The van der Waals surface area contributed by atoms with Gasteiger partial charge >= 0.3 is 6.01 Å². The number of ether oxygens (including phenoxy) is 1. The Morgan fingerprint density at radius 3 is 2.87 bits per heavy atom. The van der Waals surface area contributed by atoms with Crippen LogP contribution in [0.15, 0.2) is 31.0 Å². The molecule has 3 aromatic heterocycles. The lowest BCUT2D eigenvalue weighted by atomic mass is 9.95. The molecule has 7 rings (SSSR count). The first-order chi connectivity index (χ1) is 22.5. The van der Waals surface area contributed by atoms with Crippen LogP contribution in [0.3, 0.4) is 0 Å². The number of carbonyl (C=O) groups excluding carboxylic acids is 1. The highest BCUT2D eigenvalue weighted by Crippen LogP contribution is 2.47. The standard InChI is InChI=1S/C32H30F4N8O2S/c1-4-22(45)43-13-20(35)21(14-43)42(3)30-18-11-39-25(17-6-7-19(34)28-23(17)27(38-2)29(37)47-28)24(36)26(18)40-31(41-30)46-15-32-8-5-9-44(32)12-16(33)10-32/h4,6-7,11,16,20-21H,1,5,8-10,12-15,37H2,3H3. The van der Waals surface area contributed by atoms with E-state index in [2.05, 4.69) is 31.3 Å². The molecule has 15 heteroatoms. The van der Waals surface area contributed by atoms with Gasteiger partial charge in [0.2, 0.25) is 11.6 Å². The molecule has 0 bridgehead atoms. The molecule has 3 saturated heterocycles. The fourth-order valence-electron chi connectivity index (χ4n) is 7.25. The minimum atomic E-state index is -1.45. The number of anilines is 2. The Hall–Kier alpha value is -4.55. The van der Waals surface area contributed by atoms with Gasteiger partial charge in [0.15, 0.2) is 5.82 Å². The number of nitrogens with two attached hydrogens (primary N) is 1. The molecule has 10 nitrogen and oxygen atoms in total. The van der Waals surface area contributed by atoms with Crippen molar-refractivity contribution in [1.29, 1.82) is 0 Å². The average Bonchev–Trinajstić information content (AvgIpc) is 3.80. The zero-order valence-corrected chi connectivity index (χ0v) is 26.2. The van der Waals surface area contributed by atoms with Crippen molar-refractivity contribution < 1.29 is 27.1 Å². The van der Waals surface area contributed by atoms with Gasteiger partial charge in [-0.05, 0) is 31.5 Å². The second-order valence-corrected chi connectivity index (χ2v) is 13.3. The summed E-state index contributed by atoms with van der Waals surface area (Å²) in [6.07, 6.45) is 1.91. The summed E-state index contributed by atoms with van der Waals surface area (Å²) in [6.45, 7) is 12.1. The Balaban J connectivity index is 1.35. The minimum Gasteiger partial charge on any atom is -0.461 e. The van der Waals surface area contributed by atoms with Gasteiger partial charge in [0, 0.05) is 43.7 Å². The summed E-state index contributed by atoms with van der Waals surface area (Å²) in [6, 6.07) is 1.45. The number of nitrogens with zero attached hydrogens (tertiary/aromatic N) is 7.